The van der Waals surface area contributed by atoms with Gasteiger partial charge in [0.2, 0.25) is 0 Å². The Morgan fingerprint density at radius 3 is 1.72 bits per heavy atom. The van der Waals surface area contributed by atoms with Gasteiger partial charge in [-0.05, 0) is 90.3 Å². The van der Waals surface area contributed by atoms with Gasteiger partial charge in [-0.3, -0.25) is 18.5 Å². The third-order valence-corrected chi connectivity index (χ3v) is 11.9. The van der Waals surface area contributed by atoms with Crippen molar-refractivity contribution in [1.82, 2.24) is 0 Å². The Morgan fingerprint density at radius 1 is 0.559 bits per heavy atom. The van der Waals surface area contributed by atoms with Crippen LogP contribution in [0.5, 0.6) is 17.2 Å². The number of hydrogen-bond donors (Lipinski definition) is 6. The summed E-state index contributed by atoms with van der Waals surface area (Å²) in [6, 6.07) is 25.6. The van der Waals surface area contributed by atoms with E-state index in [4.69, 9.17) is 15.2 Å². The Bertz CT molecular complexity index is 3550. The number of fused-ring (bicyclic) bond motifs is 2. The molecule has 68 heavy (non-hydrogen) atoms. The molecule has 1 amide bonds. The second kappa shape index (κ2) is 22.8. The van der Waals surface area contributed by atoms with Crippen LogP contribution in [0.25, 0.3) is 21.5 Å². The number of nitrogen functional groups attached to an aromatic ring is 1. The van der Waals surface area contributed by atoms with Crippen molar-refractivity contribution in [3.05, 3.63) is 121 Å². The quantitative estimate of drug-likeness (QED) is 0.0273. The maximum absolute atomic E-state index is 12.8. The van der Waals surface area contributed by atoms with E-state index < -0.39 is 62.4 Å². The van der Waals surface area contributed by atoms with Crippen molar-refractivity contribution >= 4 is 192 Å². The number of phenols is 1. The summed E-state index contributed by atoms with van der Waals surface area (Å²) in [5.74, 6) is -1.17. The predicted molar refractivity (Wildman–Crippen MR) is 254 cm³/mol. The van der Waals surface area contributed by atoms with Gasteiger partial charge in [0.25, 0.3) is 36.3 Å². The first kappa shape index (κ1) is 55.9. The standard InChI is InChI=1S/C41H32N8O13S3.3Na/c1-61-36-21-35(48-49-39-38(65(58,59)60)17-23-16-25(9-11-29(23)40(39)50)43-41(51)22-5-3-6-24(42)15-22)37(62-2)20-34(36)47-46-33-14-13-32(30-12-10-28(19-31(30)33)64(55,56)57)45-44-26-7-4-8-27(18-26)63(52,53)54;;;/h3-21,50H,42H2,1-2H3,(H,43,51)(H,52,53,54)(H,55,56,57)(H,58,59,60);;;. The number of anilines is 2. The molecule has 7 aromatic rings. The molecule has 0 aliphatic heterocycles. The number of carbonyl (C=O) groups is 1. The SMILES string of the molecule is COc1cc(N=Nc2ccc(N=Nc3cccc(S(=O)(=O)O)c3)c3ccc(S(=O)(=O)O)cc23)c(OC)cc1N=Nc1c(S(=O)(=O)O)cc2cc(NC(=O)c3cccc(N)c3)ccc2c1O.[Na].[Na].[Na]. The van der Waals surface area contributed by atoms with Gasteiger partial charge >= 0.3 is 0 Å². The van der Waals surface area contributed by atoms with Gasteiger partial charge in [-0.15, -0.1) is 25.6 Å². The molecule has 27 heteroatoms. The maximum Gasteiger partial charge on any atom is 0.296 e. The monoisotopic (exact) mass is 1010 g/mol. The minimum absolute atomic E-state index is 0. The van der Waals surface area contributed by atoms with E-state index in [0.29, 0.717) is 5.69 Å². The topological polar surface area (TPSA) is 331 Å². The number of carbonyl (C=O) groups excluding carboxylic acids is 1. The zero-order valence-corrected chi connectivity index (χ0v) is 44.9. The summed E-state index contributed by atoms with van der Waals surface area (Å²) in [6.45, 7) is 0. The van der Waals surface area contributed by atoms with Crippen LogP contribution in [0.4, 0.5) is 45.5 Å². The molecule has 0 aliphatic rings. The summed E-state index contributed by atoms with van der Waals surface area (Å²) in [7, 11) is -11.7. The zero-order valence-electron chi connectivity index (χ0n) is 36.4. The number of aromatic hydroxyl groups is 1. The van der Waals surface area contributed by atoms with Crippen molar-refractivity contribution in [2.75, 3.05) is 25.3 Å². The van der Waals surface area contributed by atoms with Crippen molar-refractivity contribution in [3.8, 4) is 17.2 Å². The van der Waals surface area contributed by atoms with Gasteiger partial charge in [0.15, 0.2) is 5.75 Å². The molecule has 3 radical (unpaired) electrons. The van der Waals surface area contributed by atoms with Gasteiger partial charge < -0.3 is 25.6 Å². The maximum atomic E-state index is 12.8. The van der Waals surface area contributed by atoms with Gasteiger partial charge in [-0.25, -0.2) is 0 Å². The number of phenolic OH excluding ortho intramolecular Hbond substituents is 1. The van der Waals surface area contributed by atoms with E-state index in [1.54, 1.807) is 18.2 Å². The molecule has 0 fully saturated rings. The average molecular weight is 1010 g/mol. The third-order valence-electron chi connectivity index (χ3n) is 9.37. The van der Waals surface area contributed by atoms with Gasteiger partial charge in [0.05, 0.1) is 41.1 Å². The van der Waals surface area contributed by atoms with Crippen LogP contribution in [-0.2, 0) is 30.4 Å². The number of amides is 1. The number of nitrogens with one attached hydrogen (secondary N) is 1. The van der Waals surface area contributed by atoms with Crippen LogP contribution < -0.4 is 20.5 Å². The van der Waals surface area contributed by atoms with Crippen molar-refractivity contribution in [2.24, 2.45) is 30.7 Å². The fourth-order valence-corrected chi connectivity index (χ4v) is 7.97. The fourth-order valence-electron chi connectivity index (χ4n) is 6.29. The number of azo groups is 3. The number of methoxy groups -OCH3 is 2. The molecular weight excluding hydrogens is 978 g/mol. The molecule has 0 bridgehead atoms. The first-order chi connectivity index (χ1) is 30.7. The van der Waals surface area contributed by atoms with Crippen molar-refractivity contribution in [3.63, 3.8) is 0 Å². The molecule has 7 aromatic carbocycles. The molecule has 0 aliphatic carbocycles. The predicted octanol–water partition coefficient (Wildman–Crippen LogP) is 8.39. The Kier molecular flexibility index (Phi) is 18.7. The number of hydrogen-bond acceptors (Lipinski definition) is 17. The van der Waals surface area contributed by atoms with Crippen LogP contribution in [0.2, 0.25) is 0 Å². The van der Waals surface area contributed by atoms with Crippen LogP contribution >= 0.6 is 0 Å². The third kappa shape index (κ3) is 12.9. The van der Waals surface area contributed by atoms with E-state index in [1.165, 1.54) is 80.9 Å². The van der Waals surface area contributed by atoms with Crippen LogP contribution in [0.3, 0.4) is 0 Å². The normalized spacial score (nSPS) is 11.9. The van der Waals surface area contributed by atoms with E-state index in [9.17, 15) is 48.8 Å². The van der Waals surface area contributed by atoms with Gasteiger partial charge in [0, 0.05) is 134 Å². The molecule has 7 rings (SSSR count). The second-order valence-corrected chi connectivity index (χ2v) is 17.9. The molecule has 0 spiro atoms. The molecule has 335 valence electrons. The van der Waals surface area contributed by atoms with Crippen LogP contribution in [0, 0.1) is 0 Å². The molecule has 7 N–H and O–H groups in total. The molecule has 0 aromatic heterocycles. The molecule has 0 atom stereocenters. The van der Waals surface area contributed by atoms with Gasteiger partial charge in [-0.2, -0.15) is 30.4 Å². The molecular formula is C41H32N8Na3O13S3. The number of nitrogens with two attached hydrogens (primary N) is 1. The van der Waals surface area contributed by atoms with E-state index in [0.717, 1.165) is 30.3 Å². The molecule has 0 unspecified atom stereocenters. The Hall–Kier alpha value is -4.74. The van der Waals surface area contributed by atoms with Gasteiger partial charge in [-0.1, -0.05) is 18.2 Å². The summed E-state index contributed by atoms with van der Waals surface area (Å²) in [6.07, 6.45) is 0. The minimum Gasteiger partial charge on any atom is -0.505 e. The molecule has 0 heterocycles. The fraction of sp³-hybridized carbons (Fsp3) is 0.0488. The van der Waals surface area contributed by atoms with Gasteiger partial charge in [0.1, 0.15) is 33.5 Å². The number of ether oxygens (including phenoxy) is 2. The van der Waals surface area contributed by atoms with Crippen molar-refractivity contribution < 1.29 is 58.3 Å². The average Bonchev–Trinajstić information content (AvgIpc) is 3.26. The minimum atomic E-state index is -5.04. The Labute approximate surface area is 454 Å². The Balaban J connectivity index is 0.00000336. The molecule has 0 saturated carbocycles. The largest absolute Gasteiger partial charge is 0.505 e. The second-order valence-electron chi connectivity index (χ2n) is 13.6. The summed E-state index contributed by atoms with van der Waals surface area (Å²) >= 11 is 0. The number of nitrogens with zero attached hydrogens (tertiary/aromatic N) is 6. The van der Waals surface area contributed by atoms with Crippen molar-refractivity contribution in [2.45, 2.75) is 14.7 Å². The molecule has 0 saturated heterocycles. The summed E-state index contributed by atoms with van der Waals surface area (Å²) in [5, 5.41) is 39.4. The van der Waals surface area contributed by atoms with E-state index in [2.05, 4.69) is 36.0 Å². The number of benzene rings is 7. The van der Waals surface area contributed by atoms with Crippen molar-refractivity contribution in [1.29, 1.82) is 0 Å². The summed E-state index contributed by atoms with van der Waals surface area (Å²) < 4.78 is 113. The van der Waals surface area contributed by atoms with E-state index >= 15 is 0 Å². The molecule has 21 nitrogen and oxygen atoms in total. The van der Waals surface area contributed by atoms with E-state index in [-0.39, 0.29) is 161 Å². The first-order valence-corrected chi connectivity index (χ1v) is 22.6. The van der Waals surface area contributed by atoms with E-state index in [1.807, 2.05) is 0 Å². The smallest absolute Gasteiger partial charge is 0.296 e. The first-order valence-electron chi connectivity index (χ1n) is 18.3. The van der Waals surface area contributed by atoms with Crippen LogP contribution in [-0.4, -0.2) is 153 Å². The Morgan fingerprint density at radius 2 is 1.12 bits per heavy atom. The zero-order chi connectivity index (χ0) is 46.8. The van der Waals surface area contributed by atoms with Crippen LogP contribution in [0.15, 0.2) is 161 Å². The summed E-state index contributed by atoms with van der Waals surface area (Å²) in [4.78, 5) is 11.1. The number of rotatable bonds is 13. The van der Waals surface area contributed by atoms with Crippen LogP contribution in [0.1, 0.15) is 10.4 Å². The summed E-state index contributed by atoms with van der Waals surface area (Å²) in [5.41, 5.74) is 6.28.